The van der Waals surface area contributed by atoms with Crippen LogP contribution in [0.2, 0.25) is 5.02 Å². The number of hydrogen-bond donors (Lipinski definition) is 2. The molecule has 2 heterocycles. The highest BCUT2D eigenvalue weighted by molar-refractivity contribution is 9.10. The zero-order chi connectivity index (χ0) is 23.0. The van der Waals surface area contributed by atoms with Crippen LogP contribution < -0.4 is 10.7 Å². The third kappa shape index (κ3) is 4.56. The number of hydrogen-bond acceptors (Lipinski definition) is 3. The molecule has 0 bridgehead atoms. The fraction of sp³-hybridized carbons (Fsp3) is 0.231. The minimum Gasteiger partial charge on any atom is -0.353 e. The van der Waals surface area contributed by atoms with Crippen molar-refractivity contribution < 1.29 is 9.39 Å². The van der Waals surface area contributed by atoms with E-state index >= 15 is 0 Å². The first-order chi connectivity index (χ1) is 15.9. The highest BCUT2D eigenvalue weighted by Crippen LogP contribution is 2.39. The monoisotopic (exact) mass is 523 g/mol. The van der Waals surface area contributed by atoms with Gasteiger partial charge < -0.3 is 5.32 Å². The lowest BCUT2D eigenvalue weighted by atomic mass is 9.87. The predicted molar refractivity (Wildman–Crippen MR) is 138 cm³/mol. The van der Waals surface area contributed by atoms with E-state index in [1.807, 2.05) is 48.5 Å². The van der Waals surface area contributed by atoms with Gasteiger partial charge in [-0.25, -0.2) is 4.59 Å². The third-order valence-electron chi connectivity index (χ3n) is 6.49. The number of carbonyl (C=O) groups excluding carboxylic acids is 1. The normalized spacial score (nSPS) is 21.7. The standard InChI is InChI=1S/C26H24BrClN4O/c1-32(31-26(33)19-6-2-4-8-21(19)27)14-12-17(13-15-32)25-20-7-3-5-9-22(20)29-23-11-10-18(28)16-24(23)30-25/h2-11,16-17H,12-15H2,1H3,(H-,29,30,31,33)/p+1. The van der Waals surface area contributed by atoms with Gasteiger partial charge in [0.25, 0.3) is 5.91 Å². The van der Waals surface area contributed by atoms with Crippen molar-refractivity contribution >= 4 is 56.2 Å². The summed E-state index contributed by atoms with van der Waals surface area (Å²) in [6, 6.07) is 21.6. The smallest absolute Gasteiger partial charge is 0.297 e. The molecule has 7 heteroatoms. The molecule has 2 N–H and O–H groups in total. The van der Waals surface area contributed by atoms with E-state index < -0.39 is 0 Å². The average molecular weight is 525 g/mol. The largest absolute Gasteiger partial charge is 0.353 e. The van der Waals surface area contributed by atoms with E-state index in [0.717, 1.165) is 58.7 Å². The molecule has 0 saturated carbocycles. The second-order valence-corrected chi connectivity index (χ2v) is 10.2. The zero-order valence-electron chi connectivity index (χ0n) is 18.3. The summed E-state index contributed by atoms with van der Waals surface area (Å²) in [4.78, 5) is 18.0. The van der Waals surface area contributed by atoms with Crippen molar-refractivity contribution in [2.24, 2.45) is 10.9 Å². The van der Waals surface area contributed by atoms with Gasteiger partial charge in [-0.2, -0.15) is 5.43 Å². The highest BCUT2D eigenvalue weighted by Gasteiger charge is 2.36. The van der Waals surface area contributed by atoms with Crippen LogP contribution in [-0.4, -0.2) is 36.3 Å². The summed E-state index contributed by atoms with van der Waals surface area (Å²) in [5.41, 5.74) is 8.97. The van der Waals surface area contributed by atoms with Crippen molar-refractivity contribution in [3.63, 3.8) is 0 Å². The lowest BCUT2D eigenvalue weighted by Crippen LogP contribution is -2.61. The van der Waals surface area contributed by atoms with Crippen molar-refractivity contribution in [3.05, 3.63) is 87.4 Å². The van der Waals surface area contributed by atoms with Gasteiger partial charge in [-0.05, 0) is 52.3 Å². The number of para-hydroxylation sites is 1. The lowest BCUT2D eigenvalue weighted by molar-refractivity contribution is -0.947. The third-order valence-corrected chi connectivity index (χ3v) is 7.42. The average Bonchev–Trinajstić information content (AvgIpc) is 2.96. The van der Waals surface area contributed by atoms with Gasteiger partial charge in [-0.15, -0.1) is 0 Å². The Morgan fingerprint density at radius 1 is 1.06 bits per heavy atom. The maximum atomic E-state index is 12.9. The Morgan fingerprint density at radius 2 is 1.79 bits per heavy atom. The number of aliphatic imine (C=N–C) groups is 1. The van der Waals surface area contributed by atoms with E-state index in [1.54, 1.807) is 0 Å². The number of piperidine rings is 1. The van der Waals surface area contributed by atoms with Crippen LogP contribution >= 0.6 is 27.5 Å². The summed E-state index contributed by atoms with van der Waals surface area (Å²) in [7, 11) is 2.09. The minimum absolute atomic E-state index is 0.0617. The summed E-state index contributed by atoms with van der Waals surface area (Å²) in [6.45, 7) is 1.66. The van der Waals surface area contributed by atoms with Crippen LogP contribution in [0, 0.1) is 5.92 Å². The second-order valence-electron chi connectivity index (χ2n) is 8.87. The fourth-order valence-electron chi connectivity index (χ4n) is 4.64. The first-order valence-corrected chi connectivity index (χ1v) is 12.3. The van der Waals surface area contributed by atoms with Gasteiger partial charge in [-0.3, -0.25) is 9.79 Å². The molecule has 2 aliphatic heterocycles. The summed E-state index contributed by atoms with van der Waals surface area (Å²) >= 11 is 9.76. The number of halogens is 2. The Kier molecular flexibility index (Phi) is 5.99. The van der Waals surface area contributed by atoms with Crippen LogP contribution in [0.15, 0.2) is 76.2 Å². The van der Waals surface area contributed by atoms with Gasteiger partial charge in [0.05, 0.1) is 29.7 Å². The number of nitrogens with one attached hydrogen (secondary N) is 2. The second kappa shape index (κ2) is 8.93. The number of likely N-dealkylation sites (tertiary alicyclic amines) is 1. The van der Waals surface area contributed by atoms with Crippen LogP contribution in [0.1, 0.15) is 28.8 Å². The summed E-state index contributed by atoms with van der Waals surface area (Å²) in [5.74, 6) is 0.234. The summed E-state index contributed by atoms with van der Waals surface area (Å²) in [5, 5.41) is 4.20. The molecule has 33 heavy (non-hydrogen) atoms. The first kappa shape index (κ1) is 22.1. The van der Waals surface area contributed by atoms with E-state index in [4.69, 9.17) is 16.6 Å². The molecule has 3 aromatic rings. The Bertz CT molecular complexity index is 1250. The number of rotatable bonds is 3. The molecular formula is C26H25BrClN4O+. The van der Waals surface area contributed by atoms with Gasteiger partial charge >= 0.3 is 0 Å². The van der Waals surface area contributed by atoms with Crippen molar-refractivity contribution in [1.29, 1.82) is 0 Å². The van der Waals surface area contributed by atoms with Crippen LogP contribution in [0.4, 0.5) is 17.1 Å². The van der Waals surface area contributed by atoms with Crippen LogP contribution in [0.5, 0.6) is 0 Å². The number of benzene rings is 3. The molecular weight excluding hydrogens is 500 g/mol. The van der Waals surface area contributed by atoms with Gasteiger partial charge in [0.15, 0.2) is 0 Å². The van der Waals surface area contributed by atoms with E-state index in [1.165, 1.54) is 0 Å². The fourth-order valence-corrected chi connectivity index (χ4v) is 5.27. The van der Waals surface area contributed by atoms with Gasteiger partial charge in [0.1, 0.15) is 13.1 Å². The number of amides is 1. The van der Waals surface area contributed by atoms with Crippen molar-refractivity contribution in [1.82, 2.24) is 5.43 Å². The number of nitrogens with zero attached hydrogens (tertiary/aromatic N) is 2. The Balaban J connectivity index is 1.39. The molecule has 0 aromatic heterocycles. The molecule has 5 rings (SSSR count). The van der Waals surface area contributed by atoms with E-state index in [2.05, 4.69) is 51.9 Å². The van der Waals surface area contributed by atoms with Gasteiger partial charge in [0, 0.05) is 39.5 Å². The van der Waals surface area contributed by atoms with Crippen LogP contribution in [-0.2, 0) is 0 Å². The number of anilines is 2. The maximum Gasteiger partial charge on any atom is 0.297 e. The Hall–Kier alpha value is -2.67. The molecule has 5 nitrogen and oxygen atoms in total. The summed E-state index contributed by atoms with van der Waals surface area (Å²) < 4.78 is 1.31. The maximum absolute atomic E-state index is 12.9. The van der Waals surface area contributed by atoms with Crippen LogP contribution in [0.25, 0.3) is 0 Å². The number of quaternary nitrogens is 1. The van der Waals surface area contributed by atoms with E-state index in [-0.39, 0.29) is 5.91 Å². The minimum atomic E-state index is -0.0617. The SMILES string of the molecule is C[N+]1(NC(=O)c2ccccc2Br)CCC(C2=Nc3cc(Cl)ccc3Nc3ccccc32)CC1. The summed E-state index contributed by atoms with van der Waals surface area (Å²) in [6.07, 6.45) is 1.85. The molecule has 0 spiro atoms. The van der Waals surface area contributed by atoms with E-state index in [0.29, 0.717) is 21.1 Å². The Labute approximate surface area is 207 Å². The Morgan fingerprint density at radius 3 is 2.58 bits per heavy atom. The van der Waals surface area contributed by atoms with Gasteiger partial charge in [-0.1, -0.05) is 41.9 Å². The van der Waals surface area contributed by atoms with Gasteiger partial charge in [0.2, 0.25) is 0 Å². The molecule has 168 valence electrons. The molecule has 0 aliphatic carbocycles. The van der Waals surface area contributed by atoms with Crippen molar-refractivity contribution in [3.8, 4) is 0 Å². The van der Waals surface area contributed by atoms with Crippen LogP contribution in [0.3, 0.4) is 0 Å². The number of carbonyl (C=O) groups is 1. The van der Waals surface area contributed by atoms with Crippen molar-refractivity contribution in [2.75, 3.05) is 25.5 Å². The molecule has 2 aliphatic rings. The molecule has 1 amide bonds. The zero-order valence-corrected chi connectivity index (χ0v) is 20.7. The molecule has 3 aromatic carbocycles. The predicted octanol–water partition coefficient (Wildman–Crippen LogP) is 6.48. The molecule has 0 unspecified atom stereocenters. The van der Waals surface area contributed by atoms with Crippen molar-refractivity contribution in [2.45, 2.75) is 12.8 Å². The van der Waals surface area contributed by atoms with E-state index in [9.17, 15) is 4.79 Å². The first-order valence-electron chi connectivity index (χ1n) is 11.1. The highest BCUT2D eigenvalue weighted by atomic mass is 79.9. The number of fused-ring (bicyclic) bond motifs is 2. The molecule has 1 fully saturated rings. The molecule has 0 radical (unpaired) electrons. The quantitative estimate of drug-likeness (QED) is 0.385. The topological polar surface area (TPSA) is 53.5 Å². The lowest BCUT2D eigenvalue weighted by Gasteiger charge is -2.39. The molecule has 0 atom stereocenters. The molecule has 1 saturated heterocycles.